The average molecular weight is 414 g/mol. The van der Waals surface area contributed by atoms with Crippen LogP contribution in [0.5, 0.6) is 11.6 Å². The summed E-state index contributed by atoms with van der Waals surface area (Å²) >= 11 is 0. The first-order chi connectivity index (χ1) is 15.2. The number of rotatable bonds is 5. The van der Waals surface area contributed by atoms with Gasteiger partial charge < -0.3 is 9.47 Å². The summed E-state index contributed by atoms with van der Waals surface area (Å²) < 4.78 is 10.9. The van der Waals surface area contributed by atoms with Crippen molar-refractivity contribution in [3.63, 3.8) is 0 Å². The summed E-state index contributed by atoms with van der Waals surface area (Å²) in [5, 5.41) is 1.06. The van der Waals surface area contributed by atoms with Gasteiger partial charge in [0.2, 0.25) is 5.88 Å². The van der Waals surface area contributed by atoms with Crippen LogP contribution in [0.4, 0.5) is 0 Å². The minimum atomic E-state index is 0.641. The molecule has 0 aliphatic carbocycles. The summed E-state index contributed by atoms with van der Waals surface area (Å²) in [6, 6.07) is 8.04. The third kappa shape index (κ3) is 3.89. The standard InChI is InChI=1S/C23H22N6O2/c1-30-19-4-3-15-7-16(23(31-2)28-21(15)8-19)12-29-6-5-20-18(13-29)11-26-22(27-20)17-9-24-14-25-10-17/h3-4,7-11,14H,5-6,12-13H2,1-2H3. The Bertz CT molecular complexity index is 1230. The molecular formula is C23H22N6O2. The molecule has 0 amide bonds. The summed E-state index contributed by atoms with van der Waals surface area (Å²) in [6.45, 7) is 2.43. The zero-order valence-electron chi connectivity index (χ0n) is 17.4. The lowest BCUT2D eigenvalue weighted by atomic mass is 10.1. The van der Waals surface area contributed by atoms with Crippen LogP contribution in [0.3, 0.4) is 0 Å². The van der Waals surface area contributed by atoms with Gasteiger partial charge in [-0.25, -0.2) is 24.9 Å². The van der Waals surface area contributed by atoms with Gasteiger partial charge in [0.25, 0.3) is 0 Å². The van der Waals surface area contributed by atoms with E-state index < -0.39 is 0 Å². The third-order valence-electron chi connectivity index (χ3n) is 5.48. The highest BCUT2D eigenvalue weighted by atomic mass is 16.5. The fourth-order valence-corrected chi connectivity index (χ4v) is 3.89. The maximum absolute atomic E-state index is 5.59. The monoisotopic (exact) mass is 414 g/mol. The van der Waals surface area contributed by atoms with Crippen molar-refractivity contribution in [1.29, 1.82) is 0 Å². The van der Waals surface area contributed by atoms with Crippen LogP contribution in [0.1, 0.15) is 16.8 Å². The molecule has 1 aromatic carbocycles. The third-order valence-corrected chi connectivity index (χ3v) is 5.48. The van der Waals surface area contributed by atoms with Crippen molar-refractivity contribution < 1.29 is 9.47 Å². The zero-order valence-corrected chi connectivity index (χ0v) is 17.4. The molecule has 0 N–H and O–H groups in total. The molecule has 5 rings (SSSR count). The molecule has 3 aromatic heterocycles. The van der Waals surface area contributed by atoms with Gasteiger partial charge in [0, 0.05) is 67.2 Å². The lowest BCUT2D eigenvalue weighted by Crippen LogP contribution is -2.31. The Hall–Kier alpha value is -3.65. The Labute approximate surface area is 179 Å². The van der Waals surface area contributed by atoms with Crippen LogP contribution in [0.25, 0.3) is 22.3 Å². The summed E-state index contributed by atoms with van der Waals surface area (Å²) in [5.74, 6) is 2.09. The maximum atomic E-state index is 5.59. The van der Waals surface area contributed by atoms with E-state index >= 15 is 0 Å². The van der Waals surface area contributed by atoms with Crippen LogP contribution in [0.15, 0.2) is 49.2 Å². The van der Waals surface area contributed by atoms with Crippen LogP contribution >= 0.6 is 0 Å². The molecule has 156 valence electrons. The number of hydrogen-bond donors (Lipinski definition) is 0. The Morgan fingerprint density at radius 1 is 1.00 bits per heavy atom. The number of fused-ring (bicyclic) bond motifs is 2. The van der Waals surface area contributed by atoms with E-state index in [9.17, 15) is 0 Å². The van der Waals surface area contributed by atoms with Gasteiger partial charge in [-0.05, 0) is 18.2 Å². The lowest BCUT2D eigenvalue weighted by Gasteiger charge is -2.28. The van der Waals surface area contributed by atoms with Crippen molar-refractivity contribution in [3.8, 4) is 23.0 Å². The SMILES string of the molecule is COc1ccc2cc(CN3CCc4nc(-c5cncnc5)ncc4C3)c(OC)nc2c1. The van der Waals surface area contributed by atoms with E-state index in [-0.39, 0.29) is 0 Å². The molecule has 8 heteroatoms. The van der Waals surface area contributed by atoms with Gasteiger partial charge in [-0.3, -0.25) is 4.90 Å². The highest BCUT2D eigenvalue weighted by Crippen LogP contribution is 2.28. The molecule has 4 aromatic rings. The van der Waals surface area contributed by atoms with E-state index in [2.05, 4.69) is 25.9 Å². The minimum Gasteiger partial charge on any atom is -0.497 e. The maximum Gasteiger partial charge on any atom is 0.218 e. The van der Waals surface area contributed by atoms with Crippen LogP contribution in [0.2, 0.25) is 0 Å². The lowest BCUT2D eigenvalue weighted by molar-refractivity contribution is 0.238. The smallest absolute Gasteiger partial charge is 0.218 e. The number of hydrogen-bond acceptors (Lipinski definition) is 8. The van der Waals surface area contributed by atoms with Crippen molar-refractivity contribution in [2.45, 2.75) is 19.5 Å². The second kappa shape index (κ2) is 8.23. The fraction of sp³-hybridized carbons (Fsp3) is 0.261. The molecule has 0 saturated heterocycles. The molecule has 0 atom stereocenters. The molecule has 0 saturated carbocycles. The summed E-state index contributed by atoms with van der Waals surface area (Å²) in [5.41, 5.74) is 4.97. The molecule has 0 fully saturated rings. The predicted molar refractivity (Wildman–Crippen MR) is 116 cm³/mol. The van der Waals surface area contributed by atoms with Crippen molar-refractivity contribution in [1.82, 2.24) is 29.8 Å². The van der Waals surface area contributed by atoms with Gasteiger partial charge in [-0.1, -0.05) is 0 Å². The van der Waals surface area contributed by atoms with Crippen LogP contribution in [0, 0.1) is 0 Å². The van der Waals surface area contributed by atoms with Crippen LogP contribution < -0.4 is 9.47 Å². The van der Waals surface area contributed by atoms with E-state index in [0.29, 0.717) is 11.7 Å². The number of ether oxygens (including phenoxy) is 2. The number of nitrogens with zero attached hydrogens (tertiary/aromatic N) is 6. The Balaban J connectivity index is 1.38. The zero-order chi connectivity index (χ0) is 21.2. The van der Waals surface area contributed by atoms with Crippen molar-refractivity contribution in [2.75, 3.05) is 20.8 Å². The van der Waals surface area contributed by atoms with E-state index in [4.69, 9.17) is 19.4 Å². The normalized spacial score (nSPS) is 13.7. The minimum absolute atomic E-state index is 0.641. The first-order valence-corrected chi connectivity index (χ1v) is 10.1. The van der Waals surface area contributed by atoms with Crippen molar-refractivity contribution in [3.05, 3.63) is 66.0 Å². The molecule has 0 unspecified atom stereocenters. The number of aromatic nitrogens is 5. The van der Waals surface area contributed by atoms with Crippen molar-refractivity contribution in [2.24, 2.45) is 0 Å². The topological polar surface area (TPSA) is 86.2 Å². The van der Waals surface area contributed by atoms with E-state index in [1.165, 1.54) is 6.33 Å². The number of benzene rings is 1. The summed E-state index contributed by atoms with van der Waals surface area (Å²) in [7, 11) is 3.31. The largest absolute Gasteiger partial charge is 0.497 e. The van der Waals surface area contributed by atoms with Crippen LogP contribution in [-0.4, -0.2) is 50.6 Å². The molecule has 0 radical (unpaired) electrons. The highest BCUT2D eigenvalue weighted by molar-refractivity contribution is 5.81. The van der Waals surface area contributed by atoms with Gasteiger partial charge in [0.15, 0.2) is 5.82 Å². The number of pyridine rings is 1. The first kappa shape index (κ1) is 19.3. The molecule has 4 heterocycles. The average Bonchev–Trinajstić information content (AvgIpc) is 2.83. The first-order valence-electron chi connectivity index (χ1n) is 10.1. The fourth-order valence-electron chi connectivity index (χ4n) is 3.89. The molecule has 1 aliphatic rings. The van der Waals surface area contributed by atoms with E-state index in [0.717, 1.165) is 65.1 Å². The van der Waals surface area contributed by atoms with E-state index in [1.54, 1.807) is 26.6 Å². The van der Waals surface area contributed by atoms with Gasteiger partial charge in [0.1, 0.15) is 12.1 Å². The van der Waals surface area contributed by atoms with Gasteiger partial charge in [-0.15, -0.1) is 0 Å². The molecule has 0 spiro atoms. The Kier molecular flexibility index (Phi) is 5.13. The predicted octanol–water partition coefficient (Wildman–Crippen LogP) is 3.06. The van der Waals surface area contributed by atoms with Crippen LogP contribution in [-0.2, 0) is 19.5 Å². The Morgan fingerprint density at radius 2 is 1.87 bits per heavy atom. The molecule has 1 aliphatic heterocycles. The summed E-state index contributed by atoms with van der Waals surface area (Å²) in [6.07, 6.45) is 7.75. The Morgan fingerprint density at radius 3 is 2.68 bits per heavy atom. The number of methoxy groups -OCH3 is 2. The summed E-state index contributed by atoms with van der Waals surface area (Å²) in [4.78, 5) is 24.4. The molecule has 8 nitrogen and oxygen atoms in total. The molecule has 31 heavy (non-hydrogen) atoms. The quantitative estimate of drug-likeness (QED) is 0.493. The second-order valence-corrected chi connectivity index (χ2v) is 7.47. The van der Waals surface area contributed by atoms with E-state index in [1.807, 2.05) is 24.4 Å². The second-order valence-electron chi connectivity index (χ2n) is 7.47. The van der Waals surface area contributed by atoms with Crippen molar-refractivity contribution >= 4 is 10.9 Å². The van der Waals surface area contributed by atoms with Gasteiger partial charge in [-0.2, -0.15) is 0 Å². The molecular weight excluding hydrogens is 392 g/mol. The van der Waals surface area contributed by atoms with Gasteiger partial charge >= 0.3 is 0 Å². The molecule has 0 bridgehead atoms. The highest BCUT2D eigenvalue weighted by Gasteiger charge is 2.21. The van der Waals surface area contributed by atoms with Gasteiger partial charge in [0.05, 0.1) is 31.0 Å².